The fraction of sp³-hybridized carbons (Fsp3) is 0.222. The summed E-state index contributed by atoms with van der Waals surface area (Å²) in [6.45, 7) is -2.95. The van der Waals surface area contributed by atoms with Crippen LogP contribution in [-0.4, -0.2) is 6.61 Å². The van der Waals surface area contributed by atoms with Gasteiger partial charge in [0.05, 0.1) is 12.5 Å². The molecule has 0 N–H and O–H groups in total. The Labute approximate surface area is 78.5 Å². The summed E-state index contributed by atoms with van der Waals surface area (Å²) >= 11 is 0. The summed E-state index contributed by atoms with van der Waals surface area (Å²) in [5.74, 6) is -0.750. The smallest absolute Gasteiger partial charge is 0.387 e. The summed E-state index contributed by atoms with van der Waals surface area (Å²) in [6.07, 6.45) is -0.174. The molecule has 0 unspecified atom stereocenters. The maximum absolute atomic E-state index is 12.9. The number of nitriles is 1. The number of hydrogen-bond donors (Lipinski definition) is 0. The Hall–Kier alpha value is -1.70. The van der Waals surface area contributed by atoms with Gasteiger partial charge in [-0.1, -0.05) is 0 Å². The van der Waals surface area contributed by atoms with E-state index in [1.165, 1.54) is 0 Å². The third-order valence-electron chi connectivity index (χ3n) is 1.51. The summed E-state index contributed by atoms with van der Waals surface area (Å²) in [7, 11) is 0. The first-order valence-corrected chi connectivity index (χ1v) is 3.73. The van der Waals surface area contributed by atoms with Crippen LogP contribution in [0.15, 0.2) is 18.2 Å². The Kier molecular flexibility index (Phi) is 3.35. The van der Waals surface area contributed by atoms with Crippen molar-refractivity contribution in [2.75, 3.05) is 0 Å². The van der Waals surface area contributed by atoms with Gasteiger partial charge in [0.1, 0.15) is 11.6 Å². The first-order chi connectivity index (χ1) is 6.63. The minimum atomic E-state index is -2.95. The number of ether oxygens (including phenoxy) is 1. The van der Waals surface area contributed by atoms with E-state index < -0.39 is 12.4 Å². The van der Waals surface area contributed by atoms with E-state index in [1.807, 2.05) is 0 Å². The van der Waals surface area contributed by atoms with Gasteiger partial charge in [0.25, 0.3) is 0 Å². The molecule has 0 aliphatic carbocycles. The van der Waals surface area contributed by atoms with Crippen molar-refractivity contribution >= 4 is 0 Å². The first kappa shape index (κ1) is 10.4. The number of hydrogen-bond acceptors (Lipinski definition) is 2. The van der Waals surface area contributed by atoms with E-state index in [1.54, 1.807) is 6.07 Å². The first-order valence-electron chi connectivity index (χ1n) is 3.73. The van der Waals surface area contributed by atoms with Crippen LogP contribution in [0.1, 0.15) is 5.56 Å². The van der Waals surface area contributed by atoms with Crippen LogP contribution in [0.3, 0.4) is 0 Å². The topological polar surface area (TPSA) is 33.0 Å². The van der Waals surface area contributed by atoms with Crippen LogP contribution in [0.5, 0.6) is 5.75 Å². The van der Waals surface area contributed by atoms with Crippen LogP contribution in [0.4, 0.5) is 13.2 Å². The molecule has 1 rings (SSSR count). The standard InChI is InChI=1S/C9H6F3NO/c10-8-2-1-7(14-9(11)12)5-6(8)3-4-13/h1-2,5,9H,3H2. The van der Waals surface area contributed by atoms with Crippen LogP contribution in [0.25, 0.3) is 0 Å². The summed E-state index contributed by atoms with van der Waals surface area (Å²) < 4.78 is 40.5. The fourth-order valence-corrected chi connectivity index (χ4v) is 0.948. The summed E-state index contributed by atoms with van der Waals surface area (Å²) in [4.78, 5) is 0. The molecule has 5 heteroatoms. The van der Waals surface area contributed by atoms with Gasteiger partial charge in [-0.25, -0.2) is 4.39 Å². The minimum Gasteiger partial charge on any atom is -0.435 e. The van der Waals surface area contributed by atoms with Crippen molar-refractivity contribution < 1.29 is 17.9 Å². The fourth-order valence-electron chi connectivity index (χ4n) is 0.948. The van der Waals surface area contributed by atoms with Crippen molar-refractivity contribution in [3.63, 3.8) is 0 Å². The summed E-state index contributed by atoms with van der Waals surface area (Å²) in [5.41, 5.74) is 0.0469. The number of benzene rings is 1. The maximum Gasteiger partial charge on any atom is 0.387 e. The van der Waals surface area contributed by atoms with Gasteiger partial charge in [-0.2, -0.15) is 14.0 Å². The van der Waals surface area contributed by atoms with Gasteiger partial charge in [-0.3, -0.25) is 0 Å². The molecule has 1 aromatic rings. The second-order valence-electron chi connectivity index (χ2n) is 2.47. The lowest BCUT2D eigenvalue weighted by Gasteiger charge is -2.05. The molecular weight excluding hydrogens is 195 g/mol. The Morgan fingerprint density at radius 3 is 2.71 bits per heavy atom. The lowest BCUT2D eigenvalue weighted by molar-refractivity contribution is -0.0499. The molecular formula is C9H6F3NO. The van der Waals surface area contributed by atoms with E-state index in [0.717, 1.165) is 18.2 Å². The molecule has 0 amide bonds. The molecule has 2 nitrogen and oxygen atoms in total. The molecule has 14 heavy (non-hydrogen) atoms. The third-order valence-corrected chi connectivity index (χ3v) is 1.51. The van der Waals surface area contributed by atoms with E-state index >= 15 is 0 Å². The average molecular weight is 201 g/mol. The van der Waals surface area contributed by atoms with Crippen LogP contribution >= 0.6 is 0 Å². The van der Waals surface area contributed by atoms with Crippen LogP contribution in [0, 0.1) is 17.1 Å². The number of rotatable bonds is 3. The monoisotopic (exact) mass is 201 g/mol. The number of halogens is 3. The third kappa shape index (κ3) is 2.66. The van der Waals surface area contributed by atoms with Crippen LogP contribution < -0.4 is 4.74 Å². The molecule has 1 aromatic carbocycles. The quantitative estimate of drug-likeness (QED) is 0.752. The lowest BCUT2D eigenvalue weighted by Crippen LogP contribution is -2.02. The minimum absolute atomic E-state index is 0.0469. The molecule has 0 aliphatic rings. The second kappa shape index (κ2) is 4.51. The zero-order valence-corrected chi connectivity index (χ0v) is 7.01. The molecule has 0 heterocycles. The van der Waals surface area contributed by atoms with Gasteiger partial charge >= 0.3 is 6.61 Å². The molecule has 0 saturated heterocycles. The molecule has 0 aromatic heterocycles. The largest absolute Gasteiger partial charge is 0.435 e. The highest BCUT2D eigenvalue weighted by Gasteiger charge is 2.07. The predicted octanol–water partition coefficient (Wildman–Crippen LogP) is 2.49. The van der Waals surface area contributed by atoms with Gasteiger partial charge < -0.3 is 4.74 Å². The zero-order valence-electron chi connectivity index (χ0n) is 7.01. The predicted molar refractivity (Wildman–Crippen MR) is 42.3 cm³/mol. The van der Waals surface area contributed by atoms with Crippen molar-refractivity contribution in [2.45, 2.75) is 13.0 Å². The van der Waals surface area contributed by atoms with E-state index in [-0.39, 0.29) is 17.7 Å². The van der Waals surface area contributed by atoms with E-state index in [9.17, 15) is 13.2 Å². The average Bonchev–Trinajstić information content (AvgIpc) is 2.10. The molecule has 74 valence electrons. The van der Waals surface area contributed by atoms with Crippen molar-refractivity contribution in [1.82, 2.24) is 0 Å². The van der Waals surface area contributed by atoms with E-state index in [4.69, 9.17) is 5.26 Å². The van der Waals surface area contributed by atoms with Gasteiger partial charge in [-0.05, 0) is 18.2 Å². The normalized spacial score (nSPS) is 9.93. The zero-order chi connectivity index (χ0) is 10.6. The second-order valence-corrected chi connectivity index (χ2v) is 2.47. The van der Waals surface area contributed by atoms with Crippen molar-refractivity contribution in [1.29, 1.82) is 5.26 Å². The highest BCUT2D eigenvalue weighted by molar-refractivity contribution is 5.31. The van der Waals surface area contributed by atoms with E-state index in [0.29, 0.717) is 0 Å². The Morgan fingerprint density at radius 2 is 2.14 bits per heavy atom. The highest BCUT2D eigenvalue weighted by Crippen LogP contribution is 2.18. The molecule has 0 aliphatic heterocycles. The summed E-state index contributed by atoms with van der Waals surface area (Å²) in [6, 6.07) is 4.89. The van der Waals surface area contributed by atoms with Gasteiger partial charge in [-0.15, -0.1) is 0 Å². The number of alkyl halides is 2. The molecule has 0 radical (unpaired) electrons. The van der Waals surface area contributed by atoms with Gasteiger partial charge in [0, 0.05) is 5.56 Å². The molecule has 0 bridgehead atoms. The van der Waals surface area contributed by atoms with Crippen LogP contribution in [0.2, 0.25) is 0 Å². The highest BCUT2D eigenvalue weighted by atomic mass is 19.3. The van der Waals surface area contributed by atoms with Gasteiger partial charge in [0.2, 0.25) is 0 Å². The van der Waals surface area contributed by atoms with Crippen molar-refractivity contribution in [2.24, 2.45) is 0 Å². The lowest BCUT2D eigenvalue weighted by atomic mass is 10.1. The maximum atomic E-state index is 12.9. The number of nitrogens with zero attached hydrogens (tertiary/aromatic N) is 1. The molecule has 0 spiro atoms. The summed E-state index contributed by atoms with van der Waals surface area (Å²) in [5, 5.41) is 8.31. The Balaban J connectivity index is 2.89. The van der Waals surface area contributed by atoms with Crippen molar-refractivity contribution in [3.8, 4) is 11.8 Å². The van der Waals surface area contributed by atoms with Crippen LogP contribution in [-0.2, 0) is 6.42 Å². The molecule has 0 atom stereocenters. The SMILES string of the molecule is N#CCc1cc(OC(F)F)ccc1F. The van der Waals surface area contributed by atoms with Gasteiger partial charge in [0.15, 0.2) is 0 Å². The molecule has 0 fully saturated rings. The Bertz CT molecular complexity index is 360. The molecule has 0 saturated carbocycles. The van der Waals surface area contributed by atoms with Crippen molar-refractivity contribution in [3.05, 3.63) is 29.6 Å². The van der Waals surface area contributed by atoms with E-state index in [2.05, 4.69) is 4.74 Å². The Morgan fingerprint density at radius 1 is 1.43 bits per heavy atom.